The standard InChI is InChI=1S/C20H29OPS.C4H10/c1-15(7-8-16(2)23)21-14-17-9-11-18(12-10-17)19(22-6)13-20(3,4)5;1-3-4-2/h7-12,19,22-23H,1-2,13-14H2,3-6H3;3-4H2,1-2H3/b8-7-;. The van der Waals surface area contributed by atoms with Crippen molar-refractivity contribution in [1.29, 1.82) is 0 Å². The lowest BCUT2D eigenvalue weighted by Gasteiger charge is -2.25. The van der Waals surface area contributed by atoms with Gasteiger partial charge in [0.2, 0.25) is 0 Å². The number of ether oxygens (including phenoxy) is 1. The second-order valence-corrected chi connectivity index (χ2v) is 9.78. The Balaban J connectivity index is 0.00000153. The van der Waals surface area contributed by atoms with Gasteiger partial charge in [-0.2, -0.15) is 0 Å². The Morgan fingerprint density at radius 1 is 1.11 bits per heavy atom. The Kier molecular flexibility index (Phi) is 13.6. The van der Waals surface area contributed by atoms with Crippen molar-refractivity contribution in [3.63, 3.8) is 0 Å². The van der Waals surface area contributed by atoms with Crippen molar-refractivity contribution in [2.24, 2.45) is 5.41 Å². The topological polar surface area (TPSA) is 9.23 Å². The van der Waals surface area contributed by atoms with Gasteiger partial charge in [-0.25, -0.2) is 0 Å². The normalized spacial score (nSPS) is 12.7. The number of hydrogen-bond acceptors (Lipinski definition) is 2. The van der Waals surface area contributed by atoms with E-state index < -0.39 is 0 Å². The predicted molar refractivity (Wildman–Crippen MR) is 129 cm³/mol. The number of allylic oxidation sites excluding steroid dienone is 2. The third kappa shape index (κ3) is 13.8. The summed E-state index contributed by atoms with van der Waals surface area (Å²) in [4.78, 5) is 0.685. The van der Waals surface area contributed by atoms with Gasteiger partial charge in [0.05, 0.1) is 0 Å². The first-order chi connectivity index (χ1) is 12.6. The van der Waals surface area contributed by atoms with Crippen LogP contribution in [0.5, 0.6) is 0 Å². The number of unbranched alkanes of at least 4 members (excludes halogenated alkanes) is 1. The molecule has 0 N–H and O–H groups in total. The van der Waals surface area contributed by atoms with E-state index in [-0.39, 0.29) is 0 Å². The van der Waals surface area contributed by atoms with Crippen LogP contribution in [-0.2, 0) is 11.3 Å². The molecule has 0 saturated carbocycles. The molecule has 1 nitrogen and oxygen atoms in total. The molecule has 0 amide bonds. The van der Waals surface area contributed by atoms with Gasteiger partial charge in [-0.05, 0) is 46.7 Å². The van der Waals surface area contributed by atoms with Crippen LogP contribution in [0, 0.1) is 5.41 Å². The van der Waals surface area contributed by atoms with Gasteiger partial charge < -0.3 is 4.74 Å². The Hall–Kier alpha value is -0.980. The van der Waals surface area contributed by atoms with Gasteiger partial charge in [0.25, 0.3) is 0 Å². The van der Waals surface area contributed by atoms with Crippen LogP contribution in [0.3, 0.4) is 0 Å². The molecule has 1 aromatic rings. The Morgan fingerprint density at radius 2 is 1.67 bits per heavy atom. The highest BCUT2D eigenvalue weighted by Crippen LogP contribution is 2.41. The summed E-state index contributed by atoms with van der Waals surface area (Å²) >= 11 is 4.10. The number of benzene rings is 1. The van der Waals surface area contributed by atoms with E-state index in [1.807, 2.05) is 0 Å². The average Bonchev–Trinajstić information content (AvgIpc) is 2.62. The SMILES string of the molecule is C=C(S)/C=C\C(=C)OCc1ccc(C(CC(C)(C)C)PC)cc1.CCCC. The number of rotatable bonds is 9. The van der Waals surface area contributed by atoms with Crippen LogP contribution < -0.4 is 0 Å². The zero-order chi connectivity index (χ0) is 20.9. The lowest BCUT2D eigenvalue weighted by atomic mass is 9.88. The maximum atomic E-state index is 5.63. The van der Waals surface area contributed by atoms with Crippen molar-refractivity contribution in [3.05, 3.63) is 71.4 Å². The lowest BCUT2D eigenvalue weighted by molar-refractivity contribution is 0.212. The molecule has 0 bridgehead atoms. The van der Waals surface area contributed by atoms with Gasteiger partial charge in [0, 0.05) is 5.66 Å². The Morgan fingerprint density at radius 3 is 2.07 bits per heavy atom. The van der Waals surface area contributed by atoms with E-state index in [9.17, 15) is 0 Å². The largest absolute Gasteiger partial charge is 0.490 e. The first-order valence-corrected chi connectivity index (χ1v) is 11.8. The first kappa shape index (κ1) is 26.0. The van der Waals surface area contributed by atoms with Crippen molar-refractivity contribution in [2.45, 2.75) is 66.1 Å². The summed E-state index contributed by atoms with van der Waals surface area (Å²) in [5, 5.41) is 0. The van der Waals surface area contributed by atoms with E-state index in [4.69, 9.17) is 4.74 Å². The van der Waals surface area contributed by atoms with Crippen molar-refractivity contribution < 1.29 is 4.74 Å². The first-order valence-electron chi connectivity index (χ1n) is 9.76. The zero-order valence-electron chi connectivity index (χ0n) is 18.1. The van der Waals surface area contributed by atoms with Crippen LogP contribution in [0.25, 0.3) is 0 Å². The van der Waals surface area contributed by atoms with E-state index in [0.29, 0.717) is 28.3 Å². The summed E-state index contributed by atoms with van der Waals surface area (Å²) < 4.78 is 5.63. The highest BCUT2D eigenvalue weighted by Gasteiger charge is 2.18. The maximum absolute atomic E-state index is 5.63. The Bertz CT molecular complexity index is 579. The van der Waals surface area contributed by atoms with Crippen molar-refractivity contribution in [2.75, 3.05) is 6.66 Å². The second-order valence-electron chi connectivity index (χ2n) is 7.93. The van der Waals surface area contributed by atoms with Gasteiger partial charge in [0.15, 0.2) is 0 Å². The van der Waals surface area contributed by atoms with E-state index in [1.165, 1.54) is 24.8 Å². The van der Waals surface area contributed by atoms with Gasteiger partial charge in [-0.1, -0.05) is 84.9 Å². The van der Waals surface area contributed by atoms with Crippen LogP contribution in [0.1, 0.15) is 70.7 Å². The smallest absolute Gasteiger partial charge is 0.113 e. The van der Waals surface area contributed by atoms with Crippen molar-refractivity contribution >= 4 is 21.2 Å². The van der Waals surface area contributed by atoms with E-state index >= 15 is 0 Å². The van der Waals surface area contributed by atoms with Crippen LogP contribution in [0.15, 0.2) is 60.2 Å². The summed E-state index contributed by atoms with van der Waals surface area (Å²) in [6, 6.07) is 8.78. The molecule has 27 heavy (non-hydrogen) atoms. The second kappa shape index (κ2) is 14.1. The maximum Gasteiger partial charge on any atom is 0.113 e. The molecule has 3 heteroatoms. The molecule has 0 radical (unpaired) electrons. The minimum Gasteiger partial charge on any atom is -0.490 e. The number of hydrogen-bond donors (Lipinski definition) is 1. The molecule has 0 spiro atoms. The van der Waals surface area contributed by atoms with Gasteiger partial charge in [-0.3, -0.25) is 0 Å². The number of thiol groups is 1. The molecule has 0 aliphatic rings. The minimum absolute atomic E-state index is 0.358. The molecule has 152 valence electrons. The van der Waals surface area contributed by atoms with Crippen molar-refractivity contribution in [1.82, 2.24) is 0 Å². The minimum atomic E-state index is 0.358. The molecular formula is C24H39OPS. The molecule has 1 aromatic carbocycles. The fourth-order valence-electron chi connectivity index (χ4n) is 2.26. The van der Waals surface area contributed by atoms with Crippen molar-refractivity contribution in [3.8, 4) is 0 Å². The summed E-state index contributed by atoms with van der Waals surface area (Å²) in [7, 11) is 0.921. The third-order valence-corrected chi connectivity index (χ3v) is 5.32. The van der Waals surface area contributed by atoms with Gasteiger partial charge >= 0.3 is 0 Å². The highest BCUT2D eigenvalue weighted by molar-refractivity contribution is 7.84. The van der Waals surface area contributed by atoms with E-state index in [1.54, 1.807) is 12.2 Å². The molecule has 0 aliphatic carbocycles. The molecule has 0 heterocycles. The Labute approximate surface area is 175 Å². The summed E-state index contributed by atoms with van der Waals surface area (Å²) in [5.41, 5.74) is 3.58. The fraction of sp³-hybridized carbons (Fsp3) is 0.500. The summed E-state index contributed by atoms with van der Waals surface area (Å²) in [6.45, 7) is 21.6. The molecular weight excluding hydrogens is 367 g/mol. The van der Waals surface area contributed by atoms with Crippen LogP contribution in [0.4, 0.5) is 0 Å². The lowest BCUT2D eigenvalue weighted by Crippen LogP contribution is -2.09. The van der Waals surface area contributed by atoms with Gasteiger partial charge in [-0.15, -0.1) is 21.2 Å². The van der Waals surface area contributed by atoms with Crippen LogP contribution in [-0.4, -0.2) is 6.66 Å². The third-order valence-electron chi connectivity index (χ3n) is 3.93. The molecule has 0 aliphatic heterocycles. The molecule has 0 saturated heterocycles. The summed E-state index contributed by atoms with van der Waals surface area (Å²) in [6.07, 6.45) is 7.40. The summed E-state index contributed by atoms with van der Waals surface area (Å²) in [5.74, 6) is 0.616. The molecule has 2 unspecified atom stereocenters. The van der Waals surface area contributed by atoms with E-state index in [2.05, 4.69) is 91.3 Å². The monoisotopic (exact) mass is 406 g/mol. The van der Waals surface area contributed by atoms with Crippen LogP contribution in [0.2, 0.25) is 0 Å². The molecule has 0 aromatic heterocycles. The predicted octanol–water partition coefficient (Wildman–Crippen LogP) is 8.31. The molecule has 2 atom stereocenters. The zero-order valence-corrected chi connectivity index (χ0v) is 20.0. The van der Waals surface area contributed by atoms with E-state index in [0.717, 1.165) is 14.1 Å². The van der Waals surface area contributed by atoms with Crippen LogP contribution >= 0.6 is 21.2 Å². The fourth-order valence-corrected chi connectivity index (χ4v) is 3.68. The molecule has 1 rings (SSSR count). The van der Waals surface area contributed by atoms with Gasteiger partial charge in [0.1, 0.15) is 12.4 Å². The average molecular weight is 407 g/mol. The highest BCUT2D eigenvalue weighted by atomic mass is 32.1. The quantitative estimate of drug-likeness (QED) is 0.188. The molecule has 0 fully saturated rings.